The van der Waals surface area contributed by atoms with E-state index in [1.165, 1.54) is 0 Å². The fourth-order valence-corrected chi connectivity index (χ4v) is 4.25. The average molecular weight is 405 g/mol. The van der Waals surface area contributed by atoms with Crippen LogP contribution in [0.1, 0.15) is 44.7 Å². The molecule has 1 N–H and O–H groups in total. The number of aromatic nitrogens is 2. The third-order valence-electron chi connectivity index (χ3n) is 5.63. The molecule has 0 aliphatic carbocycles. The monoisotopic (exact) mass is 404 g/mol. The number of nitrogens with zero attached hydrogens (tertiary/aromatic N) is 3. The molecule has 1 fully saturated rings. The normalized spacial score (nSPS) is 16.8. The van der Waals surface area contributed by atoms with Crippen LogP contribution in [-0.4, -0.2) is 27.0 Å². The maximum absolute atomic E-state index is 13.3. The van der Waals surface area contributed by atoms with Crippen molar-refractivity contribution in [2.45, 2.75) is 45.7 Å². The molecule has 1 aliphatic rings. The number of hydrogen-bond acceptors (Lipinski definition) is 3. The van der Waals surface area contributed by atoms with Crippen LogP contribution in [0.2, 0.25) is 0 Å². The van der Waals surface area contributed by atoms with E-state index in [2.05, 4.69) is 24.1 Å². The zero-order valence-corrected chi connectivity index (χ0v) is 17.5. The van der Waals surface area contributed by atoms with Gasteiger partial charge < -0.3 is 14.8 Å². The van der Waals surface area contributed by atoms with Crippen molar-refractivity contribution < 1.29 is 4.79 Å². The van der Waals surface area contributed by atoms with E-state index < -0.39 is 0 Å². The molecule has 0 saturated carbocycles. The molecular weight excluding hydrogens is 376 g/mol. The molecule has 6 heteroatoms. The molecule has 0 spiro atoms. The largest absolute Gasteiger partial charge is 0.322 e. The van der Waals surface area contributed by atoms with E-state index in [0.29, 0.717) is 30.1 Å². The molecule has 3 aromatic rings. The van der Waals surface area contributed by atoms with Crippen LogP contribution < -0.4 is 10.9 Å². The second kappa shape index (κ2) is 8.69. The number of likely N-dealkylation sites (tertiary alicyclic amines) is 1. The molecular formula is C24H28N4O2. The Bertz CT molecular complexity index is 1090. The van der Waals surface area contributed by atoms with Gasteiger partial charge in [-0.1, -0.05) is 38.1 Å². The number of piperidine rings is 1. The van der Waals surface area contributed by atoms with Gasteiger partial charge in [0.25, 0.3) is 5.56 Å². The van der Waals surface area contributed by atoms with E-state index in [4.69, 9.17) is 0 Å². The molecule has 30 heavy (non-hydrogen) atoms. The van der Waals surface area contributed by atoms with Crippen molar-refractivity contribution in [1.29, 1.82) is 0 Å². The first-order valence-electron chi connectivity index (χ1n) is 10.6. The minimum atomic E-state index is -0.136. The zero-order valence-electron chi connectivity index (χ0n) is 17.5. The van der Waals surface area contributed by atoms with Gasteiger partial charge in [0.1, 0.15) is 0 Å². The van der Waals surface area contributed by atoms with E-state index in [1.807, 2.05) is 47.5 Å². The van der Waals surface area contributed by atoms with Crippen LogP contribution in [0.3, 0.4) is 0 Å². The smallest absolute Gasteiger partial charge is 0.317 e. The number of anilines is 1. The summed E-state index contributed by atoms with van der Waals surface area (Å²) in [5.74, 6) is 0.324. The summed E-state index contributed by atoms with van der Waals surface area (Å²) in [7, 11) is 0. The van der Waals surface area contributed by atoms with E-state index in [-0.39, 0.29) is 17.6 Å². The van der Waals surface area contributed by atoms with Gasteiger partial charge in [-0.3, -0.25) is 9.78 Å². The molecule has 1 saturated heterocycles. The summed E-state index contributed by atoms with van der Waals surface area (Å²) in [5, 5.41) is 4.49. The quantitative estimate of drug-likeness (QED) is 0.678. The van der Waals surface area contributed by atoms with Gasteiger partial charge in [-0.05, 0) is 42.9 Å². The third kappa shape index (κ3) is 4.08. The van der Waals surface area contributed by atoms with Crippen molar-refractivity contribution in [3.8, 4) is 0 Å². The van der Waals surface area contributed by atoms with Crippen LogP contribution in [0, 0.1) is 5.92 Å². The highest BCUT2D eigenvalue weighted by molar-refractivity contribution is 6.01. The second-order valence-corrected chi connectivity index (χ2v) is 8.36. The van der Waals surface area contributed by atoms with Gasteiger partial charge >= 0.3 is 6.03 Å². The minimum Gasteiger partial charge on any atom is -0.317 e. The summed E-state index contributed by atoms with van der Waals surface area (Å²) in [6, 6.07) is 11.3. The Balaban J connectivity index is 1.68. The first kappa shape index (κ1) is 20.1. The van der Waals surface area contributed by atoms with E-state index in [0.717, 1.165) is 30.2 Å². The Hall–Kier alpha value is -3.15. The predicted molar refractivity (Wildman–Crippen MR) is 120 cm³/mol. The van der Waals surface area contributed by atoms with Crippen LogP contribution in [0.25, 0.3) is 10.8 Å². The molecule has 1 aliphatic heterocycles. The zero-order chi connectivity index (χ0) is 21.1. The Labute approximate surface area is 176 Å². The lowest BCUT2D eigenvalue weighted by Crippen LogP contribution is -2.41. The maximum Gasteiger partial charge on any atom is 0.322 e. The van der Waals surface area contributed by atoms with Gasteiger partial charge in [0.2, 0.25) is 0 Å². The van der Waals surface area contributed by atoms with Crippen molar-refractivity contribution in [1.82, 2.24) is 14.5 Å². The number of amides is 2. The number of carbonyl (C=O) groups excluding carboxylic acids is 1. The molecule has 1 atom stereocenters. The standard InChI is InChI=1S/C24H28N4O2/c1-17(2)15-27-16-21(19-9-3-4-10-20(19)23(27)29)26-24(30)28-13-6-5-11-22(28)18-8-7-12-25-14-18/h3-4,7-10,12,14,16-17,22H,5-6,11,13,15H2,1-2H3,(H,26,30). The Morgan fingerprint density at radius 1 is 1.17 bits per heavy atom. The highest BCUT2D eigenvalue weighted by Gasteiger charge is 2.28. The van der Waals surface area contributed by atoms with Gasteiger partial charge in [0.05, 0.1) is 11.7 Å². The molecule has 2 aromatic heterocycles. The molecule has 2 amide bonds. The van der Waals surface area contributed by atoms with E-state index in [9.17, 15) is 9.59 Å². The van der Waals surface area contributed by atoms with Crippen LogP contribution in [0.5, 0.6) is 0 Å². The van der Waals surface area contributed by atoms with Crippen molar-refractivity contribution in [2.24, 2.45) is 5.92 Å². The fourth-order valence-electron chi connectivity index (χ4n) is 4.25. The average Bonchev–Trinajstić information content (AvgIpc) is 2.77. The lowest BCUT2D eigenvalue weighted by Gasteiger charge is -2.36. The Morgan fingerprint density at radius 3 is 2.70 bits per heavy atom. The Kier molecular flexibility index (Phi) is 5.84. The van der Waals surface area contributed by atoms with Gasteiger partial charge in [0.15, 0.2) is 0 Å². The van der Waals surface area contributed by atoms with Gasteiger partial charge in [-0.15, -0.1) is 0 Å². The minimum absolute atomic E-state index is 0.0142. The van der Waals surface area contributed by atoms with Gasteiger partial charge in [-0.2, -0.15) is 0 Å². The maximum atomic E-state index is 13.3. The highest BCUT2D eigenvalue weighted by Crippen LogP contribution is 2.31. The number of pyridine rings is 2. The van der Waals surface area contributed by atoms with Gasteiger partial charge in [0, 0.05) is 42.5 Å². The summed E-state index contributed by atoms with van der Waals surface area (Å²) >= 11 is 0. The van der Waals surface area contributed by atoms with Crippen LogP contribution in [0.4, 0.5) is 10.5 Å². The lowest BCUT2D eigenvalue weighted by atomic mass is 9.97. The summed E-state index contributed by atoms with van der Waals surface area (Å²) in [4.78, 5) is 32.3. The predicted octanol–water partition coefficient (Wildman–Crippen LogP) is 4.81. The summed E-state index contributed by atoms with van der Waals surface area (Å²) in [6.07, 6.45) is 8.37. The number of fused-ring (bicyclic) bond motifs is 1. The van der Waals surface area contributed by atoms with Crippen LogP contribution >= 0.6 is 0 Å². The van der Waals surface area contributed by atoms with Crippen LogP contribution in [0.15, 0.2) is 59.8 Å². The van der Waals surface area contributed by atoms with E-state index >= 15 is 0 Å². The topological polar surface area (TPSA) is 67.2 Å². The number of urea groups is 1. The van der Waals surface area contributed by atoms with E-state index in [1.54, 1.807) is 17.0 Å². The SMILES string of the molecule is CC(C)Cn1cc(NC(=O)N2CCCCC2c2cccnc2)c2ccccc2c1=O. The van der Waals surface area contributed by atoms with Crippen molar-refractivity contribution >= 4 is 22.5 Å². The number of carbonyl (C=O) groups is 1. The molecule has 0 bridgehead atoms. The fraction of sp³-hybridized carbons (Fsp3) is 0.375. The Morgan fingerprint density at radius 2 is 1.97 bits per heavy atom. The summed E-state index contributed by atoms with van der Waals surface area (Å²) < 4.78 is 1.71. The molecule has 3 heterocycles. The summed E-state index contributed by atoms with van der Waals surface area (Å²) in [5.41, 5.74) is 1.71. The van der Waals surface area contributed by atoms with Crippen molar-refractivity contribution in [3.63, 3.8) is 0 Å². The first-order valence-corrected chi connectivity index (χ1v) is 10.6. The number of nitrogens with one attached hydrogen (secondary N) is 1. The number of hydrogen-bond donors (Lipinski definition) is 1. The third-order valence-corrected chi connectivity index (χ3v) is 5.63. The molecule has 0 radical (unpaired) electrons. The molecule has 156 valence electrons. The number of benzene rings is 1. The van der Waals surface area contributed by atoms with Gasteiger partial charge in [-0.25, -0.2) is 4.79 Å². The molecule has 1 aromatic carbocycles. The number of rotatable bonds is 4. The highest BCUT2D eigenvalue weighted by atomic mass is 16.2. The van der Waals surface area contributed by atoms with Crippen LogP contribution in [-0.2, 0) is 6.54 Å². The molecule has 4 rings (SSSR count). The van der Waals surface area contributed by atoms with Crippen molar-refractivity contribution in [2.75, 3.05) is 11.9 Å². The summed E-state index contributed by atoms with van der Waals surface area (Å²) in [6.45, 7) is 5.46. The second-order valence-electron chi connectivity index (χ2n) is 8.36. The first-order chi connectivity index (χ1) is 14.5. The lowest BCUT2D eigenvalue weighted by molar-refractivity contribution is 0.163. The molecule has 1 unspecified atom stereocenters. The molecule has 6 nitrogen and oxygen atoms in total. The van der Waals surface area contributed by atoms with Crippen molar-refractivity contribution in [3.05, 3.63) is 70.9 Å².